The summed E-state index contributed by atoms with van der Waals surface area (Å²) in [5.41, 5.74) is 2.05. The molecule has 2 heterocycles. The molecule has 14 heavy (non-hydrogen) atoms. The molecule has 0 spiro atoms. The van der Waals surface area contributed by atoms with Crippen molar-refractivity contribution >= 4 is 34.8 Å². The maximum atomic E-state index is 8.57. The van der Waals surface area contributed by atoms with Gasteiger partial charge in [0.1, 0.15) is 11.1 Å². The van der Waals surface area contributed by atoms with Crippen LogP contribution in [0.1, 0.15) is 5.56 Å². The summed E-state index contributed by atoms with van der Waals surface area (Å²) in [6.45, 7) is 2.04. The van der Waals surface area contributed by atoms with E-state index in [9.17, 15) is 0 Å². The number of nitrogens with zero attached hydrogens (tertiary/aromatic N) is 3. The second-order valence-electron chi connectivity index (χ2n) is 2.60. The number of nitriles is 1. The number of hydrogen-bond acceptors (Lipinski definition) is 6. The van der Waals surface area contributed by atoms with Gasteiger partial charge in [0.2, 0.25) is 0 Å². The maximum absolute atomic E-state index is 8.57. The monoisotopic (exact) mass is 239 g/mol. The molecule has 0 saturated heterocycles. The summed E-state index contributed by atoms with van der Waals surface area (Å²) in [5, 5.41) is 13.4. The number of aryl methyl sites for hydroxylation is 1. The highest BCUT2D eigenvalue weighted by Crippen LogP contribution is 2.32. The lowest BCUT2D eigenvalue weighted by Crippen LogP contribution is -1.74. The highest BCUT2D eigenvalue weighted by atomic mass is 32.2. The quantitative estimate of drug-likeness (QED) is 0.596. The third-order valence-electron chi connectivity index (χ3n) is 1.56. The molecule has 0 amide bonds. The van der Waals surface area contributed by atoms with Crippen molar-refractivity contribution in [2.45, 2.75) is 11.9 Å². The Labute approximate surface area is 93.7 Å². The summed E-state index contributed by atoms with van der Waals surface area (Å²) in [6, 6.07) is 2.06. The van der Waals surface area contributed by atoms with E-state index in [-0.39, 0.29) is 0 Å². The molecule has 0 saturated carbocycles. The lowest BCUT2D eigenvalue weighted by atomic mass is 10.3. The normalized spacial score (nSPS) is 10.0. The first-order valence-corrected chi connectivity index (χ1v) is 6.18. The molecule has 0 N–H and O–H groups in total. The van der Waals surface area contributed by atoms with Crippen LogP contribution in [0.15, 0.2) is 16.5 Å². The Kier molecular flexibility index (Phi) is 2.82. The van der Waals surface area contributed by atoms with Crippen molar-refractivity contribution in [1.82, 2.24) is 8.75 Å². The van der Waals surface area contributed by atoms with Crippen LogP contribution in [0.25, 0.3) is 10.6 Å². The van der Waals surface area contributed by atoms with Gasteiger partial charge in [-0.25, -0.2) is 0 Å². The van der Waals surface area contributed by atoms with Crippen molar-refractivity contribution in [2.24, 2.45) is 0 Å². The van der Waals surface area contributed by atoms with Gasteiger partial charge in [0.05, 0.1) is 16.6 Å². The van der Waals surface area contributed by atoms with Gasteiger partial charge in [-0.2, -0.15) is 14.0 Å². The largest absolute Gasteiger partial charge is 0.185 e. The Balaban J connectivity index is 2.42. The van der Waals surface area contributed by atoms with Gasteiger partial charge in [-0.15, -0.1) is 11.3 Å². The zero-order chi connectivity index (χ0) is 9.97. The van der Waals surface area contributed by atoms with Gasteiger partial charge in [0, 0.05) is 11.8 Å². The smallest absolute Gasteiger partial charge is 0.153 e. The molecule has 2 rings (SSSR count). The van der Waals surface area contributed by atoms with Crippen LogP contribution in [-0.2, 0) is 0 Å². The predicted molar refractivity (Wildman–Crippen MR) is 59.4 cm³/mol. The number of rotatable bonds is 2. The molecular weight excluding hydrogens is 234 g/mol. The van der Waals surface area contributed by atoms with E-state index >= 15 is 0 Å². The number of thioether (sulfide) groups is 1. The Morgan fingerprint density at radius 3 is 3.00 bits per heavy atom. The fourth-order valence-electron chi connectivity index (χ4n) is 0.997. The van der Waals surface area contributed by atoms with Gasteiger partial charge >= 0.3 is 0 Å². The SMILES string of the molecule is Cc1csc(-c2nsnc2SC#N)c1. The summed E-state index contributed by atoms with van der Waals surface area (Å²) in [6.07, 6.45) is 0. The molecule has 2 aromatic heterocycles. The molecule has 0 aliphatic heterocycles. The first-order valence-electron chi connectivity index (χ1n) is 3.75. The molecule has 0 aliphatic carbocycles. The van der Waals surface area contributed by atoms with Crippen LogP contribution in [0, 0.1) is 17.6 Å². The third kappa shape index (κ3) is 1.80. The van der Waals surface area contributed by atoms with Crippen LogP contribution in [0.2, 0.25) is 0 Å². The Morgan fingerprint density at radius 2 is 2.36 bits per heavy atom. The number of aromatic nitrogens is 2. The minimum Gasteiger partial charge on any atom is -0.185 e. The van der Waals surface area contributed by atoms with Crippen LogP contribution in [0.3, 0.4) is 0 Å². The van der Waals surface area contributed by atoms with E-state index in [1.165, 1.54) is 5.56 Å². The first kappa shape index (κ1) is 9.65. The van der Waals surface area contributed by atoms with Crippen molar-refractivity contribution in [3.05, 3.63) is 17.0 Å². The van der Waals surface area contributed by atoms with Crippen molar-refractivity contribution in [2.75, 3.05) is 0 Å². The molecule has 6 heteroatoms. The molecule has 0 radical (unpaired) electrons. The molecule has 2 aromatic rings. The fraction of sp³-hybridized carbons (Fsp3) is 0.125. The fourth-order valence-corrected chi connectivity index (χ4v) is 3.12. The molecule has 0 atom stereocenters. The highest BCUT2D eigenvalue weighted by molar-refractivity contribution is 8.03. The van der Waals surface area contributed by atoms with Gasteiger partial charge in [-0.1, -0.05) is 0 Å². The Morgan fingerprint density at radius 1 is 1.50 bits per heavy atom. The van der Waals surface area contributed by atoms with Gasteiger partial charge in [0.15, 0.2) is 5.03 Å². The summed E-state index contributed by atoms with van der Waals surface area (Å²) in [5.74, 6) is 0. The number of thiophene rings is 1. The van der Waals surface area contributed by atoms with Crippen molar-refractivity contribution in [1.29, 1.82) is 5.26 Å². The zero-order valence-electron chi connectivity index (χ0n) is 7.22. The first-order chi connectivity index (χ1) is 6.81. The summed E-state index contributed by atoms with van der Waals surface area (Å²) in [4.78, 5) is 1.08. The summed E-state index contributed by atoms with van der Waals surface area (Å²) >= 11 is 3.84. The Bertz CT molecular complexity index is 480. The molecule has 0 aliphatic rings. The van der Waals surface area contributed by atoms with E-state index in [1.54, 1.807) is 11.3 Å². The molecule has 0 unspecified atom stereocenters. The van der Waals surface area contributed by atoms with Crippen LogP contribution < -0.4 is 0 Å². The molecule has 0 bridgehead atoms. The van der Waals surface area contributed by atoms with E-state index in [0.29, 0.717) is 5.03 Å². The average Bonchev–Trinajstić information content (AvgIpc) is 2.74. The van der Waals surface area contributed by atoms with Gasteiger partial charge in [-0.3, -0.25) is 0 Å². The van der Waals surface area contributed by atoms with Gasteiger partial charge < -0.3 is 0 Å². The van der Waals surface area contributed by atoms with Crippen LogP contribution in [0.5, 0.6) is 0 Å². The second-order valence-corrected chi connectivity index (χ2v) is 4.81. The summed E-state index contributed by atoms with van der Waals surface area (Å²) in [7, 11) is 0. The molecular formula is C8H5N3S3. The van der Waals surface area contributed by atoms with Gasteiger partial charge in [-0.05, 0) is 23.9 Å². The van der Waals surface area contributed by atoms with E-state index in [1.807, 2.05) is 12.3 Å². The number of thiocyanates is 1. The average molecular weight is 239 g/mol. The van der Waals surface area contributed by atoms with E-state index < -0.39 is 0 Å². The minimum absolute atomic E-state index is 0.708. The van der Waals surface area contributed by atoms with Crippen LogP contribution >= 0.6 is 34.8 Å². The molecule has 0 fully saturated rings. The van der Waals surface area contributed by atoms with Crippen molar-refractivity contribution < 1.29 is 0 Å². The van der Waals surface area contributed by atoms with E-state index in [2.05, 4.69) is 20.2 Å². The van der Waals surface area contributed by atoms with Crippen LogP contribution in [-0.4, -0.2) is 8.75 Å². The van der Waals surface area contributed by atoms with E-state index in [0.717, 1.165) is 34.1 Å². The van der Waals surface area contributed by atoms with Gasteiger partial charge in [0.25, 0.3) is 0 Å². The molecule has 3 nitrogen and oxygen atoms in total. The maximum Gasteiger partial charge on any atom is 0.153 e. The lowest BCUT2D eigenvalue weighted by molar-refractivity contribution is 1.28. The standard InChI is InChI=1S/C8H5N3S3/c1-5-2-6(12-3-5)7-8(13-4-9)11-14-10-7/h2-3H,1H3. The molecule has 0 aromatic carbocycles. The minimum atomic E-state index is 0.708. The second kappa shape index (κ2) is 4.09. The van der Waals surface area contributed by atoms with Crippen LogP contribution in [0.4, 0.5) is 0 Å². The highest BCUT2D eigenvalue weighted by Gasteiger charge is 2.12. The van der Waals surface area contributed by atoms with Crippen molar-refractivity contribution in [3.8, 4) is 16.0 Å². The topological polar surface area (TPSA) is 49.6 Å². The third-order valence-corrected chi connectivity index (χ3v) is 3.83. The number of hydrogen-bond donors (Lipinski definition) is 0. The zero-order valence-corrected chi connectivity index (χ0v) is 9.67. The predicted octanol–water partition coefficient (Wildman–Crippen LogP) is 3.15. The Hall–Kier alpha value is -0.900. The lowest BCUT2D eigenvalue weighted by Gasteiger charge is -1.90. The molecule has 70 valence electrons. The van der Waals surface area contributed by atoms with Crippen molar-refractivity contribution in [3.63, 3.8) is 0 Å². The van der Waals surface area contributed by atoms with E-state index in [4.69, 9.17) is 5.26 Å². The summed E-state index contributed by atoms with van der Waals surface area (Å²) < 4.78 is 8.26.